The zero-order valence-corrected chi connectivity index (χ0v) is 14.3. The highest BCUT2D eigenvalue weighted by atomic mass is 35.5. The molecule has 0 saturated carbocycles. The van der Waals surface area contributed by atoms with E-state index in [1.807, 2.05) is 0 Å². The Morgan fingerprint density at radius 3 is 1.62 bits per heavy atom. The van der Waals surface area contributed by atoms with Gasteiger partial charge in [0, 0.05) is 12.3 Å². The van der Waals surface area contributed by atoms with Crippen molar-refractivity contribution in [3.8, 4) is 0 Å². The maximum absolute atomic E-state index is 10.3. The molecule has 0 rings (SSSR count). The average Bonchev–Trinajstić information content (AvgIpc) is 2.46. The highest BCUT2D eigenvalue weighted by Gasteiger charge is 1.95. The Morgan fingerprint density at radius 2 is 1.14 bits per heavy atom. The molecule has 0 aromatic carbocycles. The molecule has 0 heterocycles. The molecule has 2 nitrogen and oxygen atoms in total. The fraction of sp³-hybridized carbons (Fsp3) is 0.833. The number of halogens is 1. The molecular formula is C18H33ClO2. The van der Waals surface area contributed by atoms with Crippen LogP contribution < -0.4 is 0 Å². The summed E-state index contributed by atoms with van der Waals surface area (Å²) in [6.45, 7) is 0. The molecule has 0 saturated heterocycles. The predicted octanol–water partition coefficient (Wildman–Crippen LogP) is 6.33. The number of allylic oxidation sites excluding steroid dienone is 2. The summed E-state index contributed by atoms with van der Waals surface area (Å²) in [5, 5.41) is 8.51. The Balaban J connectivity index is 3.07. The molecule has 0 unspecified atom stereocenters. The SMILES string of the molecule is O=C(O)CCCCCCC/C=C/CCCCCCCCCl. The van der Waals surface area contributed by atoms with Gasteiger partial charge in [-0.05, 0) is 38.5 Å². The van der Waals surface area contributed by atoms with Crippen LogP contribution >= 0.6 is 11.6 Å². The quantitative estimate of drug-likeness (QED) is 0.205. The Bertz CT molecular complexity index is 252. The molecule has 0 fully saturated rings. The van der Waals surface area contributed by atoms with Gasteiger partial charge in [-0.25, -0.2) is 0 Å². The second-order valence-electron chi connectivity index (χ2n) is 5.77. The van der Waals surface area contributed by atoms with Crippen LogP contribution in [0.2, 0.25) is 0 Å². The van der Waals surface area contributed by atoms with Crippen LogP contribution in [0.5, 0.6) is 0 Å². The van der Waals surface area contributed by atoms with Gasteiger partial charge in [0.05, 0.1) is 0 Å². The Labute approximate surface area is 136 Å². The van der Waals surface area contributed by atoms with Gasteiger partial charge in [0.25, 0.3) is 0 Å². The zero-order valence-electron chi connectivity index (χ0n) is 13.5. The van der Waals surface area contributed by atoms with Crippen molar-refractivity contribution in [3.63, 3.8) is 0 Å². The number of alkyl halides is 1. The standard InChI is InChI=1S/C18H33ClO2/c19-17-15-13-11-9-7-5-3-1-2-4-6-8-10-12-14-16-18(20)21/h1-2H,3-17H2,(H,20,21)/b2-1+. The normalized spacial score (nSPS) is 11.3. The molecule has 0 amide bonds. The van der Waals surface area contributed by atoms with E-state index in [1.165, 1.54) is 64.2 Å². The number of aliphatic carboxylic acids is 1. The summed E-state index contributed by atoms with van der Waals surface area (Å²) in [7, 11) is 0. The molecule has 3 heteroatoms. The van der Waals surface area contributed by atoms with Crippen LogP contribution in [0, 0.1) is 0 Å². The topological polar surface area (TPSA) is 37.3 Å². The molecule has 1 N–H and O–H groups in total. The first-order chi connectivity index (χ1) is 10.3. The third-order valence-corrected chi connectivity index (χ3v) is 3.95. The maximum atomic E-state index is 10.3. The van der Waals surface area contributed by atoms with E-state index < -0.39 is 5.97 Å². The van der Waals surface area contributed by atoms with Gasteiger partial charge >= 0.3 is 5.97 Å². The number of rotatable bonds is 16. The number of hydrogen-bond acceptors (Lipinski definition) is 1. The minimum atomic E-state index is -0.669. The largest absolute Gasteiger partial charge is 0.481 e. The van der Waals surface area contributed by atoms with Gasteiger partial charge in [-0.3, -0.25) is 4.79 Å². The Hall–Kier alpha value is -0.500. The summed E-state index contributed by atoms with van der Waals surface area (Å²) in [6, 6.07) is 0. The molecule has 0 aliphatic heterocycles. The Morgan fingerprint density at radius 1 is 0.714 bits per heavy atom. The number of hydrogen-bond donors (Lipinski definition) is 1. The van der Waals surface area contributed by atoms with E-state index in [0.29, 0.717) is 6.42 Å². The van der Waals surface area contributed by atoms with E-state index in [2.05, 4.69) is 12.2 Å². The summed E-state index contributed by atoms with van der Waals surface area (Å²) in [6.07, 6.45) is 20.7. The van der Waals surface area contributed by atoms with Crippen molar-refractivity contribution in [3.05, 3.63) is 12.2 Å². The van der Waals surface area contributed by atoms with Crippen molar-refractivity contribution in [1.29, 1.82) is 0 Å². The molecule has 0 aromatic rings. The molecule has 0 aliphatic rings. The summed E-state index contributed by atoms with van der Waals surface area (Å²) in [5.74, 6) is 0.138. The van der Waals surface area contributed by atoms with Crippen molar-refractivity contribution >= 4 is 17.6 Å². The lowest BCUT2D eigenvalue weighted by Crippen LogP contribution is -1.93. The van der Waals surface area contributed by atoms with Crippen LogP contribution in [-0.2, 0) is 4.79 Å². The fourth-order valence-electron chi connectivity index (χ4n) is 2.37. The van der Waals surface area contributed by atoms with Crippen LogP contribution in [0.1, 0.15) is 89.9 Å². The van der Waals surface area contributed by atoms with E-state index in [1.54, 1.807) is 0 Å². The molecule has 0 bridgehead atoms. The molecule has 21 heavy (non-hydrogen) atoms. The lowest BCUT2D eigenvalue weighted by Gasteiger charge is -1.99. The first-order valence-corrected chi connectivity index (χ1v) is 9.23. The molecule has 0 radical (unpaired) electrons. The summed E-state index contributed by atoms with van der Waals surface area (Å²) in [5.41, 5.74) is 0. The summed E-state index contributed by atoms with van der Waals surface area (Å²) in [4.78, 5) is 10.3. The second kappa shape index (κ2) is 17.6. The second-order valence-corrected chi connectivity index (χ2v) is 6.15. The minimum absolute atomic E-state index is 0.325. The van der Waals surface area contributed by atoms with Crippen LogP contribution in [0.15, 0.2) is 12.2 Å². The molecule has 0 atom stereocenters. The molecule has 0 aromatic heterocycles. The first kappa shape index (κ1) is 20.5. The minimum Gasteiger partial charge on any atom is -0.481 e. The van der Waals surface area contributed by atoms with Gasteiger partial charge in [-0.1, -0.05) is 57.1 Å². The summed E-state index contributed by atoms with van der Waals surface area (Å²) < 4.78 is 0. The predicted molar refractivity (Wildman–Crippen MR) is 92.1 cm³/mol. The lowest BCUT2D eigenvalue weighted by atomic mass is 10.1. The van der Waals surface area contributed by atoms with Crippen molar-refractivity contribution in [2.24, 2.45) is 0 Å². The molecular weight excluding hydrogens is 284 g/mol. The van der Waals surface area contributed by atoms with Gasteiger partial charge in [0.1, 0.15) is 0 Å². The van der Waals surface area contributed by atoms with Gasteiger partial charge in [0.15, 0.2) is 0 Å². The highest BCUT2D eigenvalue weighted by Crippen LogP contribution is 2.10. The van der Waals surface area contributed by atoms with E-state index in [9.17, 15) is 4.79 Å². The lowest BCUT2D eigenvalue weighted by molar-refractivity contribution is -0.137. The van der Waals surface area contributed by atoms with Gasteiger partial charge in [0.2, 0.25) is 0 Å². The van der Waals surface area contributed by atoms with Crippen molar-refractivity contribution < 1.29 is 9.90 Å². The number of carbonyl (C=O) groups is 1. The molecule has 0 aliphatic carbocycles. The first-order valence-electron chi connectivity index (χ1n) is 8.70. The smallest absolute Gasteiger partial charge is 0.303 e. The van der Waals surface area contributed by atoms with Crippen LogP contribution in [-0.4, -0.2) is 17.0 Å². The van der Waals surface area contributed by atoms with Crippen LogP contribution in [0.3, 0.4) is 0 Å². The highest BCUT2D eigenvalue weighted by molar-refractivity contribution is 6.17. The van der Waals surface area contributed by atoms with Crippen LogP contribution in [0.25, 0.3) is 0 Å². The average molecular weight is 317 g/mol. The number of carboxylic acids is 1. The fourth-order valence-corrected chi connectivity index (χ4v) is 2.56. The zero-order chi connectivity index (χ0) is 15.6. The third-order valence-electron chi connectivity index (χ3n) is 3.68. The molecule has 124 valence electrons. The van der Waals surface area contributed by atoms with Crippen molar-refractivity contribution in [2.45, 2.75) is 89.9 Å². The van der Waals surface area contributed by atoms with E-state index in [-0.39, 0.29) is 0 Å². The van der Waals surface area contributed by atoms with Gasteiger partial charge in [-0.2, -0.15) is 0 Å². The summed E-state index contributed by atoms with van der Waals surface area (Å²) >= 11 is 5.64. The maximum Gasteiger partial charge on any atom is 0.303 e. The third kappa shape index (κ3) is 19.5. The monoisotopic (exact) mass is 316 g/mol. The van der Waals surface area contributed by atoms with E-state index in [0.717, 1.165) is 25.1 Å². The van der Waals surface area contributed by atoms with Gasteiger partial charge in [-0.15, -0.1) is 11.6 Å². The van der Waals surface area contributed by atoms with Gasteiger partial charge < -0.3 is 5.11 Å². The van der Waals surface area contributed by atoms with E-state index >= 15 is 0 Å². The number of carboxylic acid groups (broad SMARTS) is 1. The Kier molecular flexibility index (Phi) is 17.1. The van der Waals surface area contributed by atoms with E-state index in [4.69, 9.17) is 16.7 Å². The number of unbranched alkanes of at least 4 members (excludes halogenated alkanes) is 11. The van der Waals surface area contributed by atoms with Crippen molar-refractivity contribution in [2.75, 3.05) is 5.88 Å². The van der Waals surface area contributed by atoms with Crippen molar-refractivity contribution in [1.82, 2.24) is 0 Å². The molecule has 0 spiro atoms. The van der Waals surface area contributed by atoms with Crippen LogP contribution in [0.4, 0.5) is 0 Å².